The van der Waals surface area contributed by atoms with Crippen molar-refractivity contribution in [3.05, 3.63) is 47.0 Å². The van der Waals surface area contributed by atoms with Crippen LogP contribution < -0.4 is 9.47 Å². The van der Waals surface area contributed by atoms with Crippen LogP contribution in [-0.2, 0) is 5.41 Å². The van der Waals surface area contributed by atoms with Crippen LogP contribution in [0.2, 0.25) is 0 Å². The molecule has 3 nitrogen and oxygen atoms in total. The van der Waals surface area contributed by atoms with Gasteiger partial charge in [-0.1, -0.05) is 61.3 Å². The quantitative estimate of drug-likeness (QED) is 0.239. The van der Waals surface area contributed by atoms with Crippen LogP contribution in [0, 0.1) is 59.2 Å². The predicted octanol–water partition coefficient (Wildman–Crippen LogP) is 15.1. The van der Waals surface area contributed by atoms with Crippen LogP contribution in [0.3, 0.4) is 0 Å². The van der Waals surface area contributed by atoms with E-state index >= 15 is 0 Å². The molecule has 7 rings (SSSR count). The number of methoxy groups -OCH3 is 2. The molecule has 0 amide bonds. The summed E-state index contributed by atoms with van der Waals surface area (Å²) in [5.41, 5.74) is 5.34. The van der Waals surface area contributed by atoms with Crippen LogP contribution >= 0.6 is 59.2 Å². The van der Waals surface area contributed by atoms with Gasteiger partial charge in [-0.15, -0.1) is 23.5 Å². The number of hydrogen-bond donors (Lipinski definition) is 1. The number of benzene rings is 2. The minimum absolute atomic E-state index is 0.227. The maximum absolute atomic E-state index is 11.3. The standard InChI is InChI=1S/C23H36O2S.C23H34OS.4ClH.Sn/c1-16-12-17(25-6)14-18(13-16)26-15-20-22(4)10-7-9-21(2,3)19(22)8-11-23(20,5)24;1-15-12-16(24-6)20-17(13-15)25-14-19-22(4)10-7-9-21(2,3)18(22)8-11-23(19,20)5;;;;;/h12-14,19-20,24H,7-11,15H2,1-6H3;12-13,18-19H,7-11,14H2,1-6H3;4*1H;/q;;;;;;+4/p-4/t19-,20?,22-,23+;18-,19+,22-,23+;;;;;/m00...../s1. The molecule has 0 aromatic heterocycles. The van der Waals surface area contributed by atoms with E-state index in [-0.39, 0.29) is 10.8 Å². The fraction of sp³-hybridized carbons (Fsp3) is 0.739. The van der Waals surface area contributed by atoms with E-state index in [9.17, 15) is 5.11 Å². The maximum atomic E-state index is 11.3. The average molecular weight is 996 g/mol. The Morgan fingerprint density at radius 2 is 1.27 bits per heavy atom. The number of hydrogen-bond acceptors (Lipinski definition) is 5. The Balaban J connectivity index is 0.000000191. The van der Waals surface area contributed by atoms with Gasteiger partial charge >= 0.3 is 49.6 Å². The summed E-state index contributed by atoms with van der Waals surface area (Å²) in [6.45, 7) is 24.0. The topological polar surface area (TPSA) is 38.7 Å². The van der Waals surface area contributed by atoms with Gasteiger partial charge in [0.15, 0.2) is 0 Å². The number of thioether (sulfide) groups is 2. The Bertz CT molecular complexity index is 1670. The van der Waals surface area contributed by atoms with E-state index in [0.717, 1.165) is 41.9 Å². The molecule has 1 heterocycles. The van der Waals surface area contributed by atoms with Crippen molar-refractivity contribution >= 4 is 73.1 Å². The molecule has 56 heavy (non-hydrogen) atoms. The predicted molar refractivity (Wildman–Crippen MR) is 248 cm³/mol. The third-order valence-corrected chi connectivity index (χ3v) is 17.8. The summed E-state index contributed by atoms with van der Waals surface area (Å²) < 4.78 is 11.3. The van der Waals surface area contributed by atoms with Gasteiger partial charge in [0.25, 0.3) is 0 Å². The first-order valence-corrected chi connectivity index (χ1v) is 37.3. The summed E-state index contributed by atoms with van der Waals surface area (Å²) in [6, 6.07) is 11.1. The molecule has 2 aromatic rings. The number of aliphatic hydroxyl groups is 1. The van der Waals surface area contributed by atoms with Gasteiger partial charge in [-0.3, -0.25) is 0 Å². The van der Waals surface area contributed by atoms with Crippen molar-refractivity contribution in [2.24, 2.45) is 45.3 Å². The van der Waals surface area contributed by atoms with Gasteiger partial charge in [-0.2, -0.15) is 0 Å². The van der Waals surface area contributed by atoms with Crippen LogP contribution in [0.15, 0.2) is 40.1 Å². The summed E-state index contributed by atoms with van der Waals surface area (Å²) in [6.07, 6.45) is 12.9. The third-order valence-electron chi connectivity index (χ3n) is 15.6. The Labute approximate surface area is 368 Å². The molecule has 0 radical (unpaired) electrons. The molecular weight excluding hydrogens is 925 g/mol. The van der Waals surface area contributed by atoms with Crippen LogP contribution in [0.25, 0.3) is 0 Å². The van der Waals surface area contributed by atoms with Gasteiger partial charge in [-0.05, 0) is 153 Å². The number of fused-ring (bicyclic) bond motifs is 6. The van der Waals surface area contributed by atoms with E-state index in [1.807, 2.05) is 18.9 Å². The van der Waals surface area contributed by atoms with Crippen molar-refractivity contribution in [1.29, 1.82) is 0 Å². The molecule has 1 unspecified atom stereocenters. The first kappa shape index (κ1) is 47.7. The average Bonchev–Trinajstić information content (AvgIpc) is 3.05. The van der Waals surface area contributed by atoms with E-state index in [1.54, 1.807) is 7.11 Å². The minimum atomic E-state index is -3.29. The van der Waals surface area contributed by atoms with E-state index in [2.05, 4.69) is 111 Å². The van der Waals surface area contributed by atoms with Crippen LogP contribution in [0.5, 0.6) is 11.5 Å². The van der Waals surface area contributed by atoms with E-state index in [4.69, 9.17) is 45.2 Å². The monoisotopic (exact) mass is 994 g/mol. The van der Waals surface area contributed by atoms with Gasteiger partial charge in [0.2, 0.25) is 0 Å². The molecule has 4 aliphatic carbocycles. The molecule has 5 aliphatic rings. The summed E-state index contributed by atoms with van der Waals surface area (Å²) >= 11 is 0.687. The van der Waals surface area contributed by atoms with Crippen molar-refractivity contribution in [2.45, 2.75) is 154 Å². The normalized spacial score (nSPS) is 35.4. The summed E-state index contributed by atoms with van der Waals surface area (Å²) in [5.74, 6) is 6.96. The summed E-state index contributed by atoms with van der Waals surface area (Å²) in [5, 5.41) is 11.3. The van der Waals surface area contributed by atoms with E-state index in [0.29, 0.717) is 28.1 Å². The second-order valence-electron chi connectivity index (χ2n) is 20.3. The molecule has 0 saturated heterocycles. The van der Waals surface area contributed by atoms with Crippen LogP contribution in [0.1, 0.15) is 136 Å². The zero-order chi connectivity index (χ0) is 41.7. The van der Waals surface area contributed by atoms with Crippen molar-refractivity contribution in [1.82, 2.24) is 0 Å². The molecule has 1 aliphatic heterocycles. The van der Waals surface area contributed by atoms with Gasteiger partial charge in [0, 0.05) is 38.2 Å². The number of halogens is 4. The zero-order valence-corrected chi connectivity index (χ0v) is 43.8. The fourth-order valence-electron chi connectivity index (χ4n) is 13.1. The van der Waals surface area contributed by atoms with E-state index < -0.39 is 19.5 Å². The molecule has 8 atom stereocenters. The van der Waals surface area contributed by atoms with Gasteiger partial charge in [-0.25, -0.2) is 0 Å². The number of ether oxygens (including phenoxy) is 2. The summed E-state index contributed by atoms with van der Waals surface area (Å²) in [4.78, 5) is 2.73. The van der Waals surface area contributed by atoms with Crippen molar-refractivity contribution in [3.8, 4) is 11.5 Å². The Morgan fingerprint density at radius 3 is 1.86 bits per heavy atom. The molecular formula is C46H70Cl4O3S2Sn. The van der Waals surface area contributed by atoms with Gasteiger partial charge in [0.1, 0.15) is 11.5 Å². The molecule has 316 valence electrons. The van der Waals surface area contributed by atoms with Crippen LogP contribution in [0.4, 0.5) is 0 Å². The van der Waals surface area contributed by atoms with Gasteiger partial charge in [0.05, 0.1) is 19.8 Å². The molecule has 4 saturated carbocycles. The van der Waals surface area contributed by atoms with Crippen molar-refractivity contribution < 1.29 is 14.6 Å². The molecule has 4 fully saturated rings. The van der Waals surface area contributed by atoms with Crippen LogP contribution in [-0.4, -0.2) is 50.3 Å². The SMILES string of the molecule is COc1cc(C)cc(SCC2[C@](C)(O)CC[C@H]3C(C)(C)CCC[C@]23C)c1.COc1cc(C)cc2c1[C@]1(C)CC[C@H]3C(C)(C)CCC[C@]3(C)[C@H]1CS2.[Cl][Sn]([Cl])([Cl])[Cl]. The molecule has 10 heteroatoms. The fourth-order valence-corrected chi connectivity index (χ4v) is 16.6. The number of rotatable bonds is 5. The molecule has 2 aromatic carbocycles. The first-order valence-electron chi connectivity index (χ1n) is 20.9. The third kappa shape index (κ3) is 10.1. The Morgan fingerprint density at radius 1 is 0.714 bits per heavy atom. The Hall–Kier alpha value is 0.659. The first-order chi connectivity index (χ1) is 25.8. The Kier molecular flexibility index (Phi) is 15.2. The molecule has 1 N–H and O–H groups in total. The van der Waals surface area contributed by atoms with E-state index in [1.165, 1.54) is 83.6 Å². The zero-order valence-electron chi connectivity index (χ0n) is 36.3. The second kappa shape index (κ2) is 17.8. The van der Waals surface area contributed by atoms with Gasteiger partial charge < -0.3 is 14.6 Å². The molecule has 0 bridgehead atoms. The number of aryl methyl sites for hydroxylation is 2. The second-order valence-corrected chi connectivity index (χ2v) is 47.9. The van der Waals surface area contributed by atoms with Crippen molar-refractivity contribution in [3.63, 3.8) is 0 Å². The molecule has 0 spiro atoms. The van der Waals surface area contributed by atoms with Crippen molar-refractivity contribution in [2.75, 3.05) is 25.7 Å². The summed E-state index contributed by atoms with van der Waals surface area (Å²) in [7, 11) is 23.7.